The smallest absolute Gasteiger partial charge is 0.194 e. The van der Waals surface area contributed by atoms with Crippen LogP contribution in [0.3, 0.4) is 0 Å². The molecular formula is C14H17N5S2. The average molecular weight is 319 g/mol. The van der Waals surface area contributed by atoms with Crippen LogP contribution in [0.4, 0.5) is 0 Å². The molecule has 3 heterocycles. The summed E-state index contributed by atoms with van der Waals surface area (Å²) in [6, 6.07) is 0. The Labute approximate surface area is 131 Å². The van der Waals surface area contributed by atoms with Crippen LogP contribution in [-0.4, -0.2) is 25.9 Å². The van der Waals surface area contributed by atoms with Crippen molar-refractivity contribution in [2.24, 2.45) is 5.92 Å². The molecule has 0 fully saturated rings. The lowest BCUT2D eigenvalue weighted by Gasteiger charge is -2.08. The minimum Gasteiger partial charge on any atom is -0.311 e. The Morgan fingerprint density at radius 2 is 2.29 bits per heavy atom. The average Bonchev–Trinajstić information content (AvgIpc) is 3.02. The molecule has 110 valence electrons. The van der Waals surface area contributed by atoms with Crippen molar-refractivity contribution in [3.05, 3.63) is 35.9 Å². The number of rotatable bonds is 6. The van der Waals surface area contributed by atoms with E-state index in [9.17, 15) is 0 Å². The molecule has 0 saturated heterocycles. The van der Waals surface area contributed by atoms with Crippen molar-refractivity contribution in [2.75, 3.05) is 6.54 Å². The minimum atomic E-state index is 0.631. The molecule has 5 nitrogen and oxygen atoms in total. The number of hydrogen-bond acceptors (Lipinski definition) is 6. The number of nitrogens with zero attached hydrogens (tertiary/aromatic N) is 4. The molecule has 0 bridgehead atoms. The maximum absolute atomic E-state index is 4.70. The molecule has 0 aliphatic carbocycles. The Morgan fingerprint density at radius 3 is 3.05 bits per heavy atom. The van der Waals surface area contributed by atoms with E-state index in [0.29, 0.717) is 5.92 Å². The number of nitrogens with one attached hydrogen (secondary N) is 1. The maximum Gasteiger partial charge on any atom is 0.194 e. The standard InChI is InChI=1S/C14H17N5S2/c1-10(2)7-16-8-11-13(18-14-19(11)5-6-20-14)21-12-9-15-3-4-17-12/h3-6,9-10,16H,7-8H2,1-2H3. The van der Waals surface area contributed by atoms with E-state index in [1.807, 2.05) is 0 Å². The van der Waals surface area contributed by atoms with Crippen LogP contribution >= 0.6 is 23.1 Å². The van der Waals surface area contributed by atoms with Crippen molar-refractivity contribution in [2.45, 2.75) is 30.4 Å². The summed E-state index contributed by atoms with van der Waals surface area (Å²) in [6.45, 7) is 6.21. The van der Waals surface area contributed by atoms with Crippen LogP contribution in [0, 0.1) is 5.92 Å². The second kappa shape index (κ2) is 6.55. The van der Waals surface area contributed by atoms with Gasteiger partial charge in [-0.2, -0.15) is 0 Å². The Hall–Kier alpha value is -1.44. The van der Waals surface area contributed by atoms with Crippen molar-refractivity contribution in [1.29, 1.82) is 0 Å². The zero-order valence-corrected chi connectivity index (χ0v) is 13.6. The Balaban J connectivity index is 1.85. The van der Waals surface area contributed by atoms with Crippen molar-refractivity contribution in [3.63, 3.8) is 0 Å². The van der Waals surface area contributed by atoms with Crippen molar-refractivity contribution in [1.82, 2.24) is 24.7 Å². The van der Waals surface area contributed by atoms with Crippen LogP contribution in [0.5, 0.6) is 0 Å². The zero-order valence-electron chi connectivity index (χ0n) is 12.0. The molecule has 0 aliphatic heterocycles. The summed E-state index contributed by atoms with van der Waals surface area (Å²) < 4.78 is 2.15. The van der Waals surface area contributed by atoms with Gasteiger partial charge in [0, 0.05) is 30.5 Å². The molecule has 0 spiro atoms. The van der Waals surface area contributed by atoms with Gasteiger partial charge in [0.2, 0.25) is 0 Å². The maximum atomic E-state index is 4.70. The quantitative estimate of drug-likeness (QED) is 0.756. The normalized spacial score (nSPS) is 11.6. The van der Waals surface area contributed by atoms with E-state index in [4.69, 9.17) is 4.98 Å². The minimum absolute atomic E-state index is 0.631. The lowest BCUT2D eigenvalue weighted by molar-refractivity contribution is 0.544. The number of aromatic nitrogens is 4. The molecular weight excluding hydrogens is 302 g/mol. The van der Waals surface area contributed by atoms with Gasteiger partial charge in [-0.1, -0.05) is 13.8 Å². The molecule has 1 N–H and O–H groups in total. The first-order valence-corrected chi connectivity index (χ1v) is 8.52. The van der Waals surface area contributed by atoms with Gasteiger partial charge in [0.1, 0.15) is 10.1 Å². The van der Waals surface area contributed by atoms with E-state index in [-0.39, 0.29) is 0 Å². The van der Waals surface area contributed by atoms with Gasteiger partial charge in [-0.05, 0) is 24.2 Å². The first-order chi connectivity index (χ1) is 10.2. The zero-order chi connectivity index (χ0) is 14.7. The van der Waals surface area contributed by atoms with E-state index in [1.165, 1.54) is 5.69 Å². The Morgan fingerprint density at radius 1 is 1.38 bits per heavy atom. The number of thiazole rings is 1. The van der Waals surface area contributed by atoms with E-state index in [2.05, 4.69) is 45.1 Å². The molecule has 0 aliphatic rings. The topological polar surface area (TPSA) is 55.1 Å². The lowest BCUT2D eigenvalue weighted by atomic mass is 10.2. The Bertz CT molecular complexity index is 705. The van der Waals surface area contributed by atoms with Crippen LogP contribution in [0.1, 0.15) is 19.5 Å². The summed E-state index contributed by atoms with van der Waals surface area (Å²) in [5.74, 6) is 0.631. The first-order valence-electron chi connectivity index (χ1n) is 6.83. The summed E-state index contributed by atoms with van der Waals surface area (Å²) >= 11 is 3.21. The monoisotopic (exact) mass is 319 g/mol. The summed E-state index contributed by atoms with van der Waals surface area (Å²) in [7, 11) is 0. The largest absolute Gasteiger partial charge is 0.311 e. The van der Waals surface area contributed by atoms with Gasteiger partial charge in [0.15, 0.2) is 4.96 Å². The summed E-state index contributed by atoms with van der Waals surface area (Å²) in [5, 5.41) is 7.42. The van der Waals surface area contributed by atoms with Gasteiger partial charge in [-0.3, -0.25) is 9.38 Å². The highest BCUT2D eigenvalue weighted by Gasteiger charge is 2.14. The summed E-state index contributed by atoms with van der Waals surface area (Å²) in [6.07, 6.45) is 7.22. The molecule has 21 heavy (non-hydrogen) atoms. The van der Waals surface area contributed by atoms with Crippen LogP contribution in [0.15, 0.2) is 40.2 Å². The highest BCUT2D eigenvalue weighted by atomic mass is 32.2. The highest BCUT2D eigenvalue weighted by Crippen LogP contribution is 2.30. The summed E-state index contributed by atoms with van der Waals surface area (Å²) in [4.78, 5) is 14.1. The van der Waals surface area contributed by atoms with Gasteiger partial charge >= 0.3 is 0 Å². The molecule has 0 amide bonds. The fourth-order valence-corrected chi connectivity index (χ4v) is 3.61. The van der Waals surface area contributed by atoms with Crippen LogP contribution < -0.4 is 5.32 Å². The third-order valence-electron chi connectivity index (χ3n) is 2.91. The predicted octanol–water partition coefficient (Wildman–Crippen LogP) is 3.08. The van der Waals surface area contributed by atoms with E-state index < -0.39 is 0 Å². The molecule has 3 aromatic heterocycles. The summed E-state index contributed by atoms with van der Waals surface area (Å²) in [5.41, 5.74) is 1.18. The second-order valence-electron chi connectivity index (χ2n) is 5.09. The lowest BCUT2D eigenvalue weighted by Crippen LogP contribution is -2.20. The van der Waals surface area contributed by atoms with Gasteiger partial charge in [0.05, 0.1) is 11.9 Å². The van der Waals surface area contributed by atoms with Crippen molar-refractivity contribution < 1.29 is 0 Å². The molecule has 0 radical (unpaired) electrons. The van der Waals surface area contributed by atoms with Gasteiger partial charge in [-0.15, -0.1) is 11.3 Å². The van der Waals surface area contributed by atoms with Crippen LogP contribution in [0.25, 0.3) is 4.96 Å². The number of hydrogen-bond donors (Lipinski definition) is 1. The van der Waals surface area contributed by atoms with Crippen molar-refractivity contribution >= 4 is 28.1 Å². The first kappa shape index (κ1) is 14.5. The van der Waals surface area contributed by atoms with Crippen LogP contribution in [0.2, 0.25) is 0 Å². The fraction of sp³-hybridized carbons (Fsp3) is 0.357. The number of imidazole rings is 1. The Kier molecular flexibility index (Phi) is 4.52. The number of fused-ring (bicyclic) bond motifs is 1. The van der Waals surface area contributed by atoms with E-state index in [0.717, 1.165) is 28.1 Å². The molecule has 7 heteroatoms. The third-order valence-corrected chi connectivity index (χ3v) is 4.61. The molecule has 3 aromatic rings. The van der Waals surface area contributed by atoms with Crippen LogP contribution in [-0.2, 0) is 6.54 Å². The molecule has 3 rings (SSSR count). The van der Waals surface area contributed by atoms with Gasteiger partial charge < -0.3 is 5.32 Å². The van der Waals surface area contributed by atoms with E-state index >= 15 is 0 Å². The highest BCUT2D eigenvalue weighted by molar-refractivity contribution is 7.99. The molecule has 0 aromatic carbocycles. The molecule has 0 atom stereocenters. The van der Waals surface area contributed by atoms with Gasteiger partial charge in [-0.25, -0.2) is 9.97 Å². The SMILES string of the molecule is CC(C)CNCc1c(Sc2cnccn2)nc2sccn12. The molecule has 0 unspecified atom stereocenters. The fourth-order valence-electron chi connectivity index (χ4n) is 1.97. The van der Waals surface area contributed by atoms with E-state index in [1.54, 1.807) is 41.7 Å². The third kappa shape index (κ3) is 3.42. The second-order valence-corrected chi connectivity index (χ2v) is 6.97. The predicted molar refractivity (Wildman–Crippen MR) is 85.8 cm³/mol. The van der Waals surface area contributed by atoms with Gasteiger partial charge in [0.25, 0.3) is 0 Å². The molecule has 0 saturated carbocycles. The van der Waals surface area contributed by atoms with Crippen molar-refractivity contribution in [3.8, 4) is 0 Å².